The fourth-order valence-corrected chi connectivity index (χ4v) is 2.83. The van der Waals surface area contributed by atoms with Crippen LogP contribution in [0.1, 0.15) is 29.8 Å². The fraction of sp³-hybridized carbons (Fsp3) is 0.474. The Bertz CT molecular complexity index is 691. The van der Waals surface area contributed by atoms with Crippen LogP contribution in [0.2, 0.25) is 0 Å². The van der Waals surface area contributed by atoms with Gasteiger partial charge in [-0.25, -0.2) is 4.98 Å². The van der Waals surface area contributed by atoms with Crippen molar-refractivity contribution in [2.45, 2.75) is 32.9 Å². The summed E-state index contributed by atoms with van der Waals surface area (Å²) in [5.74, 6) is 1.36. The van der Waals surface area contributed by atoms with Gasteiger partial charge in [-0.05, 0) is 30.9 Å². The fourth-order valence-electron chi connectivity index (χ4n) is 2.83. The average Bonchev–Trinajstić information content (AvgIpc) is 3.35. The van der Waals surface area contributed by atoms with E-state index >= 15 is 0 Å². The Labute approximate surface area is 143 Å². The zero-order chi connectivity index (χ0) is 16.9. The van der Waals surface area contributed by atoms with Gasteiger partial charge in [-0.3, -0.25) is 4.79 Å². The predicted octanol–water partition coefficient (Wildman–Crippen LogP) is 2.62. The van der Waals surface area contributed by atoms with Crippen LogP contribution in [0, 0.1) is 12.8 Å². The lowest BCUT2D eigenvalue weighted by Gasteiger charge is -2.22. The molecule has 1 amide bonds. The van der Waals surface area contributed by atoms with Crippen molar-refractivity contribution in [1.82, 2.24) is 14.5 Å². The van der Waals surface area contributed by atoms with Gasteiger partial charge < -0.3 is 14.2 Å². The van der Waals surface area contributed by atoms with Crippen LogP contribution < -0.4 is 0 Å². The topological polar surface area (TPSA) is 47.4 Å². The first-order valence-corrected chi connectivity index (χ1v) is 8.51. The van der Waals surface area contributed by atoms with Crippen LogP contribution in [0.3, 0.4) is 0 Å². The van der Waals surface area contributed by atoms with Gasteiger partial charge in [0, 0.05) is 38.5 Å². The number of aromatic nitrogens is 2. The number of nitrogens with zero attached hydrogens (tertiary/aromatic N) is 3. The lowest BCUT2D eigenvalue weighted by molar-refractivity contribution is -0.134. The first kappa shape index (κ1) is 16.7. The zero-order valence-corrected chi connectivity index (χ0v) is 14.4. The van der Waals surface area contributed by atoms with Crippen LogP contribution in [0.5, 0.6) is 0 Å². The molecule has 1 aliphatic rings. The maximum absolute atomic E-state index is 12.5. The van der Waals surface area contributed by atoms with E-state index in [1.54, 1.807) is 7.11 Å². The number of carbonyl (C=O) groups is 1. The van der Waals surface area contributed by atoms with Gasteiger partial charge >= 0.3 is 0 Å². The Morgan fingerprint density at radius 3 is 2.88 bits per heavy atom. The molecule has 5 heteroatoms. The number of rotatable bonds is 8. The molecule has 0 spiro atoms. The summed E-state index contributed by atoms with van der Waals surface area (Å²) in [6.45, 7) is 4.60. The summed E-state index contributed by atoms with van der Waals surface area (Å²) in [5.41, 5.74) is 2.54. The van der Waals surface area contributed by atoms with Crippen LogP contribution in [-0.2, 0) is 22.6 Å². The van der Waals surface area contributed by atoms with E-state index in [9.17, 15) is 4.79 Å². The number of imidazole rings is 1. The van der Waals surface area contributed by atoms with E-state index in [2.05, 4.69) is 40.7 Å². The van der Waals surface area contributed by atoms with Gasteiger partial charge in [-0.2, -0.15) is 0 Å². The third-order valence-electron chi connectivity index (χ3n) is 4.54. The Hall–Kier alpha value is -2.14. The van der Waals surface area contributed by atoms with Crippen LogP contribution in [0.15, 0.2) is 36.7 Å². The lowest BCUT2D eigenvalue weighted by atomic mass is 10.1. The number of carbonyl (C=O) groups excluding carboxylic acids is 1. The van der Waals surface area contributed by atoms with Crippen molar-refractivity contribution in [3.63, 3.8) is 0 Å². The van der Waals surface area contributed by atoms with Gasteiger partial charge in [-0.1, -0.05) is 24.3 Å². The molecule has 1 heterocycles. The molecule has 1 aromatic carbocycles. The maximum atomic E-state index is 12.5. The molecule has 24 heavy (non-hydrogen) atoms. The Morgan fingerprint density at radius 2 is 2.17 bits per heavy atom. The molecule has 0 aliphatic heterocycles. The van der Waals surface area contributed by atoms with Gasteiger partial charge in [0.2, 0.25) is 5.91 Å². The molecule has 1 aromatic heterocycles. The summed E-state index contributed by atoms with van der Waals surface area (Å²) >= 11 is 0. The third-order valence-corrected chi connectivity index (χ3v) is 4.54. The number of hydrogen-bond acceptors (Lipinski definition) is 3. The van der Waals surface area contributed by atoms with Crippen molar-refractivity contribution in [2.75, 3.05) is 20.3 Å². The van der Waals surface area contributed by atoms with Crippen LogP contribution in [0.25, 0.3) is 0 Å². The molecule has 0 bridgehead atoms. The number of hydrogen-bond donors (Lipinski definition) is 0. The molecular weight excluding hydrogens is 302 g/mol. The Morgan fingerprint density at radius 1 is 1.38 bits per heavy atom. The highest BCUT2D eigenvalue weighted by Crippen LogP contribution is 2.31. The van der Waals surface area contributed by atoms with Crippen molar-refractivity contribution in [2.24, 2.45) is 5.92 Å². The molecule has 3 rings (SSSR count). The molecule has 2 aromatic rings. The highest BCUT2D eigenvalue weighted by Gasteiger charge is 2.33. The van der Waals surface area contributed by atoms with E-state index in [1.165, 1.54) is 11.1 Å². The van der Waals surface area contributed by atoms with Crippen molar-refractivity contribution in [3.05, 3.63) is 53.6 Å². The van der Waals surface area contributed by atoms with Gasteiger partial charge in [0.1, 0.15) is 5.82 Å². The van der Waals surface area contributed by atoms with E-state index < -0.39 is 0 Å². The Balaban J connectivity index is 1.73. The van der Waals surface area contributed by atoms with Crippen molar-refractivity contribution in [1.29, 1.82) is 0 Å². The summed E-state index contributed by atoms with van der Waals surface area (Å²) < 4.78 is 7.29. The molecular formula is C19H25N3O2. The highest BCUT2D eigenvalue weighted by atomic mass is 16.5. The standard InChI is InChI=1S/C19H25N3O2/c1-15-5-3-4-6-17(15)13-21-10-9-20-18(21)14-22(11-12-24-2)19(23)16-7-8-16/h3-6,9-10,16H,7-8,11-14H2,1-2H3. The second kappa shape index (κ2) is 7.62. The summed E-state index contributed by atoms with van der Waals surface area (Å²) in [4.78, 5) is 18.9. The molecule has 1 fully saturated rings. The van der Waals surface area contributed by atoms with E-state index in [0.717, 1.165) is 25.2 Å². The number of amides is 1. The van der Waals surface area contributed by atoms with E-state index in [-0.39, 0.29) is 11.8 Å². The third kappa shape index (κ3) is 4.03. The minimum Gasteiger partial charge on any atom is -0.383 e. The van der Waals surface area contributed by atoms with E-state index in [0.29, 0.717) is 19.7 Å². The van der Waals surface area contributed by atoms with Gasteiger partial charge in [0.25, 0.3) is 0 Å². The first-order chi connectivity index (χ1) is 11.7. The van der Waals surface area contributed by atoms with Gasteiger partial charge in [-0.15, -0.1) is 0 Å². The lowest BCUT2D eigenvalue weighted by Crippen LogP contribution is -2.35. The Kier molecular flexibility index (Phi) is 5.30. The van der Waals surface area contributed by atoms with Crippen LogP contribution in [0.4, 0.5) is 0 Å². The van der Waals surface area contributed by atoms with Crippen molar-refractivity contribution < 1.29 is 9.53 Å². The molecule has 0 unspecified atom stereocenters. The average molecular weight is 327 g/mol. The predicted molar refractivity (Wildman–Crippen MR) is 92.5 cm³/mol. The smallest absolute Gasteiger partial charge is 0.226 e. The van der Waals surface area contributed by atoms with E-state index in [1.807, 2.05) is 17.3 Å². The van der Waals surface area contributed by atoms with Gasteiger partial charge in [0.15, 0.2) is 0 Å². The number of aryl methyl sites for hydroxylation is 1. The minimum absolute atomic E-state index is 0.210. The first-order valence-electron chi connectivity index (χ1n) is 8.51. The second-order valence-corrected chi connectivity index (χ2v) is 6.42. The molecule has 1 aliphatic carbocycles. The molecule has 0 radical (unpaired) electrons. The zero-order valence-electron chi connectivity index (χ0n) is 14.4. The SMILES string of the molecule is COCCN(Cc1nccn1Cc1ccccc1C)C(=O)C1CC1. The number of methoxy groups -OCH3 is 1. The molecule has 5 nitrogen and oxygen atoms in total. The molecule has 128 valence electrons. The second-order valence-electron chi connectivity index (χ2n) is 6.42. The summed E-state index contributed by atoms with van der Waals surface area (Å²) in [6.07, 6.45) is 5.82. The largest absolute Gasteiger partial charge is 0.383 e. The highest BCUT2D eigenvalue weighted by molar-refractivity contribution is 5.81. The summed E-state index contributed by atoms with van der Waals surface area (Å²) in [7, 11) is 1.67. The van der Waals surface area contributed by atoms with Crippen LogP contribution >= 0.6 is 0 Å². The summed E-state index contributed by atoms with van der Waals surface area (Å²) in [6, 6.07) is 8.36. The quantitative estimate of drug-likeness (QED) is 0.749. The molecule has 0 saturated heterocycles. The molecule has 0 atom stereocenters. The molecule has 0 N–H and O–H groups in total. The van der Waals surface area contributed by atoms with E-state index in [4.69, 9.17) is 4.74 Å². The van der Waals surface area contributed by atoms with Crippen LogP contribution in [-0.4, -0.2) is 40.6 Å². The number of benzene rings is 1. The molecule has 1 saturated carbocycles. The van der Waals surface area contributed by atoms with Crippen molar-refractivity contribution >= 4 is 5.91 Å². The monoisotopic (exact) mass is 327 g/mol. The summed E-state index contributed by atoms with van der Waals surface area (Å²) in [5, 5.41) is 0. The maximum Gasteiger partial charge on any atom is 0.226 e. The normalized spacial score (nSPS) is 13.9. The number of ether oxygens (including phenoxy) is 1. The van der Waals surface area contributed by atoms with Crippen molar-refractivity contribution in [3.8, 4) is 0 Å². The van der Waals surface area contributed by atoms with Gasteiger partial charge in [0.05, 0.1) is 13.2 Å². The minimum atomic E-state index is 0.210.